The number of ether oxygens (including phenoxy) is 3. The van der Waals surface area contributed by atoms with Gasteiger partial charge in [0, 0.05) is 18.5 Å². The number of carbonyl (C=O) groups excluding carboxylic acids is 1. The van der Waals surface area contributed by atoms with Crippen molar-refractivity contribution >= 4 is 27.3 Å². The fourth-order valence-corrected chi connectivity index (χ4v) is 3.44. The summed E-state index contributed by atoms with van der Waals surface area (Å²) < 4.78 is 43.2. The first kappa shape index (κ1) is 20.5. The molecule has 0 aromatic heterocycles. The summed E-state index contributed by atoms with van der Waals surface area (Å²) >= 11 is 0. The molecule has 0 radical (unpaired) electrons. The Balaban J connectivity index is 2.32. The van der Waals surface area contributed by atoms with Crippen molar-refractivity contribution in [3.05, 3.63) is 42.5 Å². The molecule has 0 aliphatic heterocycles. The molecule has 146 valence electrons. The molecule has 9 heteroatoms. The Labute approximate surface area is 158 Å². The van der Waals surface area contributed by atoms with Crippen molar-refractivity contribution in [2.75, 3.05) is 31.4 Å². The van der Waals surface area contributed by atoms with Crippen LogP contribution in [0.25, 0.3) is 0 Å². The van der Waals surface area contributed by atoms with E-state index in [0.717, 1.165) is 0 Å². The van der Waals surface area contributed by atoms with E-state index in [4.69, 9.17) is 14.2 Å². The normalized spacial score (nSPS) is 12.1. The fraction of sp³-hybridized carbons (Fsp3) is 0.278. The van der Waals surface area contributed by atoms with Crippen molar-refractivity contribution in [3.63, 3.8) is 0 Å². The molecule has 0 fully saturated rings. The minimum atomic E-state index is -3.96. The van der Waals surface area contributed by atoms with Crippen LogP contribution in [0.2, 0.25) is 0 Å². The molecule has 0 saturated carbocycles. The van der Waals surface area contributed by atoms with Crippen LogP contribution >= 0.6 is 0 Å². The topological polar surface area (TPSA) is 103 Å². The molecule has 1 atom stereocenters. The van der Waals surface area contributed by atoms with E-state index in [0.29, 0.717) is 17.1 Å². The lowest BCUT2D eigenvalue weighted by molar-refractivity contribution is -0.124. The number of hydrogen-bond donors (Lipinski definition) is 2. The zero-order valence-electron chi connectivity index (χ0n) is 15.5. The number of carbonyl (C=O) groups is 1. The van der Waals surface area contributed by atoms with Gasteiger partial charge in [0.1, 0.15) is 22.5 Å². The van der Waals surface area contributed by atoms with Gasteiger partial charge in [-0.3, -0.25) is 9.52 Å². The highest BCUT2D eigenvalue weighted by molar-refractivity contribution is 7.92. The average molecular weight is 394 g/mol. The summed E-state index contributed by atoms with van der Waals surface area (Å²) in [5, 5.41) is 2.61. The van der Waals surface area contributed by atoms with Gasteiger partial charge >= 0.3 is 0 Å². The highest BCUT2D eigenvalue weighted by Gasteiger charge is 2.21. The number of nitrogens with one attached hydrogen (secondary N) is 2. The fourth-order valence-electron chi connectivity index (χ4n) is 2.18. The molecule has 27 heavy (non-hydrogen) atoms. The van der Waals surface area contributed by atoms with Crippen molar-refractivity contribution in [1.29, 1.82) is 0 Å². The number of rotatable bonds is 8. The van der Waals surface area contributed by atoms with Crippen molar-refractivity contribution in [2.45, 2.75) is 17.9 Å². The van der Waals surface area contributed by atoms with Crippen molar-refractivity contribution in [2.24, 2.45) is 0 Å². The number of sulfonamides is 1. The van der Waals surface area contributed by atoms with E-state index < -0.39 is 22.0 Å². The highest BCUT2D eigenvalue weighted by atomic mass is 32.2. The Morgan fingerprint density at radius 2 is 1.59 bits per heavy atom. The smallest absolute Gasteiger partial charge is 0.265 e. The number of anilines is 2. The third-order valence-corrected chi connectivity index (χ3v) is 5.19. The number of amides is 1. The van der Waals surface area contributed by atoms with Crippen molar-refractivity contribution in [1.82, 2.24) is 0 Å². The molecular formula is C18H22N2O6S. The van der Waals surface area contributed by atoms with E-state index in [2.05, 4.69) is 10.0 Å². The van der Waals surface area contributed by atoms with Gasteiger partial charge in [0.05, 0.1) is 14.2 Å². The van der Waals surface area contributed by atoms with Crippen LogP contribution in [-0.4, -0.2) is 41.8 Å². The summed E-state index contributed by atoms with van der Waals surface area (Å²) in [6, 6.07) is 10.8. The lowest BCUT2D eigenvalue weighted by atomic mass is 10.3. The average Bonchev–Trinajstić information content (AvgIpc) is 2.67. The molecule has 0 aliphatic rings. The number of benzene rings is 2. The Hall–Kier alpha value is -2.78. The van der Waals surface area contributed by atoms with Crippen LogP contribution in [0.5, 0.6) is 11.5 Å². The van der Waals surface area contributed by atoms with Gasteiger partial charge < -0.3 is 19.5 Å². The molecule has 2 aromatic carbocycles. The van der Waals surface area contributed by atoms with Gasteiger partial charge in [0.15, 0.2) is 0 Å². The summed E-state index contributed by atoms with van der Waals surface area (Å²) in [6.07, 6.45) is -0.676. The van der Waals surface area contributed by atoms with Crippen LogP contribution in [-0.2, 0) is 19.6 Å². The molecule has 2 N–H and O–H groups in total. The Bertz CT molecular complexity index is 897. The first-order valence-corrected chi connectivity index (χ1v) is 9.47. The number of hydrogen-bond acceptors (Lipinski definition) is 6. The second-order valence-corrected chi connectivity index (χ2v) is 7.22. The largest absolute Gasteiger partial charge is 0.497 e. The second-order valence-electron chi connectivity index (χ2n) is 5.57. The van der Waals surface area contributed by atoms with Crippen molar-refractivity contribution in [3.8, 4) is 11.5 Å². The third kappa shape index (κ3) is 5.11. The molecule has 0 heterocycles. The Morgan fingerprint density at radius 3 is 2.15 bits per heavy atom. The number of methoxy groups -OCH3 is 3. The molecular weight excluding hydrogens is 372 g/mol. The van der Waals surface area contributed by atoms with Gasteiger partial charge in [-0.25, -0.2) is 8.42 Å². The van der Waals surface area contributed by atoms with Crippen LogP contribution in [0.3, 0.4) is 0 Å². The van der Waals surface area contributed by atoms with Gasteiger partial charge in [-0.05, 0) is 49.4 Å². The van der Waals surface area contributed by atoms with Gasteiger partial charge in [-0.1, -0.05) is 0 Å². The maximum atomic E-state index is 12.8. The molecule has 8 nitrogen and oxygen atoms in total. The lowest BCUT2D eigenvalue weighted by Gasteiger charge is -2.15. The third-order valence-electron chi connectivity index (χ3n) is 3.79. The van der Waals surface area contributed by atoms with E-state index in [1.165, 1.54) is 33.5 Å². The molecule has 0 bridgehead atoms. The van der Waals surface area contributed by atoms with Gasteiger partial charge in [0.25, 0.3) is 15.9 Å². The van der Waals surface area contributed by atoms with E-state index in [9.17, 15) is 13.2 Å². The summed E-state index contributed by atoms with van der Waals surface area (Å²) in [5.74, 6) is 0.357. The van der Waals surface area contributed by atoms with E-state index in [1.54, 1.807) is 37.3 Å². The monoisotopic (exact) mass is 394 g/mol. The highest BCUT2D eigenvalue weighted by Crippen LogP contribution is 2.29. The van der Waals surface area contributed by atoms with E-state index in [-0.39, 0.29) is 10.6 Å². The first-order chi connectivity index (χ1) is 12.8. The summed E-state index contributed by atoms with van der Waals surface area (Å²) in [6.45, 7) is 1.59. The molecule has 2 rings (SSSR count). The van der Waals surface area contributed by atoms with E-state index >= 15 is 0 Å². The van der Waals surface area contributed by atoms with Gasteiger partial charge in [-0.15, -0.1) is 0 Å². The molecule has 2 aromatic rings. The molecule has 0 aliphatic carbocycles. The Kier molecular flexibility index (Phi) is 6.65. The minimum absolute atomic E-state index is 0.108. The second kappa shape index (κ2) is 8.74. The van der Waals surface area contributed by atoms with Crippen LogP contribution in [0.4, 0.5) is 11.4 Å². The lowest BCUT2D eigenvalue weighted by Crippen LogP contribution is -2.26. The molecule has 0 unspecified atom stereocenters. The summed E-state index contributed by atoms with van der Waals surface area (Å²) in [7, 11) is 0.342. The predicted octanol–water partition coefficient (Wildman–Crippen LogP) is 2.48. The predicted molar refractivity (Wildman–Crippen MR) is 102 cm³/mol. The SMILES string of the molecule is COc1ccc(NS(=O)(=O)c2cc(NC(=O)[C@H](C)OC)ccc2OC)cc1. The van der Waals surface area contributed by atoms with Gasteiger partial charge in [-0.2, -0.15) is 0 Å². The maximum Gasteiger partial charge on any atom is 0.265 e. The standard InChI is InChI=1S/C18H22N2O6S/c1-12(24-2)18(21)19-14-7-10-16(26-4)17(11-14)27(22,23)20-13-5-8-15(25-3)9-6-13/h5-12,20H,1-4H3,(H,19,21)/t12-/m0/s1. The van der Waals surface area contributed by atoms with Crippen molar-refractivity contribution < 1.29 is 27.4 Å². The van der Waals surface area contributed by atoms with Crippen LogP contribution in [0.15, 0.2) is 47.4 Å². The zero-order chi connectivity index (χ0) is 20.0. The quantitative estimate of drug-likeness (QED) is 0.713. The Morgan fingerprint density at radius 1 is 0.963 bits per heavy atom. The maximum absolute atomic E-state index is 12.8. The van der Waals surface area contributed by atoms with Crippen LogP contribution in [0, 0.1) is 0 Å². The van der Waals surface area contributed by atoms with Gasteiger partial charge in [0.2, 0.25) is 0 Å². The minimum Gasteiger partial charge on any atom is -0.497 e. The molecule has 0 spiro atoms. The summed E-state index contributed by atoms with van der Waals surface area (Å²) in [5.41, 5.74) is 0.667. The van der Waals surface area contributed by atoms with E-state index in [1.807, 2.05) is 0 Å². The molecule has 0 saturated heterocycles. The summed E-state index contributed by atoms with van der Waals surface area (Å²) in [4.78, 5) is 11.9. The zero-order valence-corrected chi connectivity index (χ0v) is 16.3. The van der Waals surface area contributed by atoms with Crippen LogP contribution in [0.1, 0.15) is 6.92 Å². The first-order valence-electron chi connectivity index (χ1n) is 7.99. The van der Waals surface area contributed by atoms with Crippen LogP contribution < -0.4 is 19.5 Å². The molecule has 1 amide bonds.